The summed E-state index contributed by atoms with van der Waals surface area (Å²) in [6.45, 7) is 0. The van der Waals surface area contributed by atoms with Gasteiger partial charge in [0, 0.05) is 23.2 Å². The zero-order chi connectivity index (χ0) is 8.55. The molecule has 0 aliphatic rings. The highest BCUT2D eigenvalue weighted by molar-refractivity contribution is 5.96. The highest BCUT2D eigenvalue weighted by Gasteiger charge is 2.00. The first-order valence-corrected chi connectivity index (χ1v) is 3.53. The number of nitrogens with zero attached hydrogens (tertiary/aromatic N) is 2. The minimum absolute atomic E-state index is 0.488. The van der Waals surface area contributed by atoms with E-state index < -0.39 is 0 Å². The Labute approximate surface area is 69.2 Å². The van der Waals surface area contributed by atoms with E-state index in [2.05, 4.69) is 9.97 Å². The monoisotopic (exact) mass is 160 g/mol. The van der Waals surface area contributed by atoms with Gasteiger partial charge in [-0.25, -0.2) is 9.97 Å². The summed E-state index contributed by atoms with van der Waals surface area (Å²) in [5.74, 6) is 0.975. The zero-order valence-electron chi connectivity index (χ0n) is 6.36. The Morgan fingerprint density at radius 3 is 1.67 bits per heavy atom. The van der Waals surface area contributed by atoms with E-state index in [1.165, 1.54) is 0 Å². The summed E-state index contributed by atoms with van der Waals surface area (Å²) in [7, 11) is 0. The number of hydrogen-bond acceptors (Lipinski definition) is 4. The molecule has 0 saturated carbocycles. The quantitative estimate of drug-likeness (QED) is 0.597. The van der Waals surface area contributed by atoms with Gasteiger partial charge in [-0.3, -0.25) is 0 Å². The maximum atomic E-state index is 5.63. The van der Waals surface area contributed by atoms with Crippen LogP contribution >= 0.6 is 0 Å². The molecule has 4 nitrogen and oxygen atoms in total. The first kappa shape index (κ1) is 6.84. The first-order chi connectivity index (χ1) is 5.79. The molecule has 60 valence electrons. The molecule has 4 heteroatoms. The first-order valence-electron chi connectivity index (χ1n) is 3.53. The molecule has 2 heterocycles. The third kappa shape index (κ3) is 0.852. The third-order valence-corrected chi connectivity index (χ3v) is 1.75. The number of nitrogen functional groups attached to an aromatic ring is 2. The van der Waals surface area contributed by atoms with Crippen molar-refractivity contribution < 1.29 is 0 Å². The lowest BCUT2D eigenvalue weighted by molar-refractivity contribution is 1.33. The van der Waals surface area contributed by atoms with Crippen LogP contribution in [-0.2, 0) is 0 Å². The van der Waals surface area contributed by atoms with Crippen molar-refractivity contribution in [3.63, 3.8) is 0 Å². The van der Waals surface area contributed by atoms with Gasteiger partial charge in [0.15, 0.2) is 0 Å². The number of aromatic nitrogens is 2. The molecule has 0 aromatic carbocycles. The van der Waals surface area contributed by atoms with E-state index in [9.17, 15) is 0 Å². The van der Waals surface area contributed by atoms with Crippen molar-refractivity contribution in [3.8, 4) is 0 Å². The van der Waals surface area contributed by atoms with Crippen LogP contribution in [0.2, 0.25) is 0 Å². The molecule has 2 rings (SSSR count). The van der Waals surface area contributed by atoms with Gasteiger partial charge in [-0.2, -0.15) is 0 Å². The van der Waals surface area contributed by atoms with E-state index >= 15 is 0 Å². The van der Waals surface area contributed by atoms with Crippen LogP contribution in [0.25, 0.3) is 10.8 Å². The Hall–Kier alpha value is -1.84. The predicted molar refractivity (Wildman–Crippen MR) is 48.4 cm³/mol. The highest BCUT2D eigenvalue weighted by atomic mass is 14.8. The van der Waals surface area contributed by atoms with E-state index in [4.69, 9.17) is 11.5 Å². The fraction of sp³-hybridized carbons (Fsp3) is 0. The molecule has 2 aromatic heterocycles. The Bertz CT molecular complexity index is 383. The van der Waals surface area contributed by atoms with E-state index in [-0.39, 0.29) is 0 Å². The average Bonchev–Trinajstić information content (AvgIpc) is 2.07. The number of nitrogens with two attached hydrogens (primary N) is 2. The Kier molecular flexibility index (Phi) is 1.33. The standard InChI is InChI=1S/C8H8N4/c9-7-5-1-3-11-8(10)6(5)2-4-12-7/h1-4H,(H2,10,11)(H2,9,12). The van der Waals surface area contributed by atoms with Crippen molar-refractivity contribution in [2.24, 2.45) is 0 Å². The van der Waals surface area contributed by atoms with Crippen LogP contribution in [0.4, 0.5) is 11.6 Å². The molecular weight excluding hydrogens is 152 g/mol. The van der Waals surface area contributed by atoms with E-state index in [1.807, 2.05) is 0 Å². The topological polar surface area (TPSA) is 77.8 Å². The normalized spacial score (nSPS) is 10.3. The molecule has 2 aromatic rings. The second kappa shape index (κ2) is 2.34. The number of rotatable bonds is 0. The van der Waals surface area contributed by atoms with Crippen LogP contribution in [0.3, 0.4) is 0 Å². The van der Waals surface area contributed by atoms with Crippen LogP contribution in [-0.4, -0.2) is 9.97 Å². The molecule has 0 bridgehead atoms. The van der Waals surface area contributed by atoms with Crippen molar-refractivity contribution in [2.75, 3.05) is 11.5 Å². The summed E-state index contributed by atoms with van der Waals surface area (Å²) in [5, 5.41) is 1.70. The van der Waals surface area contributed by atoms with Gasteiger partial charge in [0.25, 0.3) is 0 Å². The molecule has 4 N–H and O–H groups in total. The molecule has 0 amide bonds. The second-order valence-electron chi connectivity index (χ2n) is 2.49. The minimum atomic E-state index is 0.488. The van der Waals surface area contributed by atoms with Crippen LogP contribution in [0.5, 0.6) is 0 Å². The molecule has 12 heavy (non-hydrogen) atoms. The van der Waals surface area contributed by atoms with Crippen molar-refractivity contribution in [3.05, 3.63) is 24.5 Å². The molecule has 0 fully saturated rings. The fourth-order valence-corrected chi connectivity index (χ4v) is 1.15. The highest BCUT2D eigenvalue weighted by Crippen LogP contribution is 2.21. The van der Waals surface area contributed by atoms with E-state index in [0.717, 1.165) is 10.8 Å². The van der Waals surface area contributed by atoms with Gasteiger partial charge >= 0.3 is 0 Å². The SMILES string of the molecule is Nc1nccc2c(N)nccc12. The molecule has 0 unspecified atom stereocenters. The van der Waals surface area contributed by atoms with Gasteiger partial charge in [-0.1, -0.05) is 0 Å². The summed E-state index contributed by atoms with van der Waals surface area (Å²) in [4.78, 5) is 7.89. The summed E-state index contributed by atoms with van der Waals surface area (Å²) in [5.41, 5.74) is 11.3. The Morgan fingerprint density at radius 2 is 1.25 bits per heavy atom. The van der Waals surface area contributed by atoms with Gasteiger partial charge < -0.3 is 11.5 Å². The Balaban J connectivity index is 2.94. The van der Waals surface area contributed by atoms with Crippen LogP contribution < -0.4 is 11.5 Å². The lowest BCUT2D eigenvalue weighted by Gasteiger charge is -2.01. The van der Waals surface area contributed by atoms with E-state index in [1.54, 1.807) is 24.5 Å². The maximum Gasteiger partial charge on any atom is 0.131 e. The smallest absolute Gasteiger partial charge is 0.131 e. The minimum Gasteiger partial charge on any atom is -0.383 e. The molecule has 0 aliphatic carbocycles. The summed E-state index contributed by atoms with van der Waals surface area (Å²) in [6, 6.07) is 3.60. The molecular formula is C8H8N4. The molecule has 0 atom stereocenters. The summed E-state index contributed by atoms with van der Waals surface area (Å²) in [6.07, 6.45) is 3.24. The van der Waals surface area contributed by atoms with Crippen molar-refractivity contribution in [2.45, 2.75) is 0 Å². The van der Waals surface area contributed by atoms with Crippen molar-refractivity contribution in [1.82, 2.24) is 9.97 Å². The molecule has 0 saturated heterocycles. The second-order valence-corrected chi connectivity index (χ2v) is 2.49. The number of hydrogen-bond donors (Lipinski definition) is 2. The average molecular weight is 160 g/mol. The summed E-state index contributed by atoms with van der Waals surface area (Å²) < 4.78 is 0. The van der Waals surface area contributed by atoms with E-state index in [0.29, 0.717) is 11.6 Å². The third-order valence-electron chi connectivity index (χ3n) is 1.75. The van der Waals surface area contributed by atoms with Gasteiger partial charge in [0.05, 0.1) is 0 Å². The number of anilines is 2. The largest absolute Gasteiger partial charge is 0.383 e. The fourth-order valence-electron chi connectivity index (χ4n) is 1.15. The van der Waals surface area contributed by atoms with Gasteiger partial charge in [-0.15, -0.1) is 0 Å². The maximum absolute atomic E-state index is 5.63. The van der Waals surface area contributed by atoms with Crippen LogP contribution in [0, 0.1) is 0 Å². The molecule has 0 radical (unpaired) electrons. The lowest BCUT2D eigenvalue weighted by Crippen LogP contribution is -1.95. The van der Waals surface area contributed by atoms with Crippen LogP contribution in [0.1, 0.15) is 0 Å². The van der Waals surface area contributed by atoms with Gasteiger partial charge in [0.2, 0.25) is 0 Å². The van der Waals surface area contributed by atoms with Crippen molar-refractivity contribution in [1.29, 1.82) is 0 Å². The summed E-state index contributed by atoms with van der Waals surface area (Å²) >= 11 is 0. The molecule has 0 aliphatic heterocycles. The van der Waals surface area contributed by atoms with Gasteiger partial charge in [-0.05, 0) is 12.1 Å². The van der Waals surface area contributed by atoms with Crippen LogP contribution in [0.15, 0.2) is 24.5 Å². The number of pyridine rings is 2. The van der Waals surface area contributed by atoms with Crippen molar-refractivity contribution >= 4 is 22.4 Å². The molecule has 0 spiro atoms. The lowest BCUT2D eigenvalue weighted by atomic mass is 10.2. The zero-order valence-corrected chi connectivity index (χ0v) is 6.36. The predicted octanol–water partition coefficient (Wildman–Crippen LogP) is 0.794. The Morgan fingerprint density at radius 1 is 0.833 bits per heavy atom. The van der Waals surface area contributed by atoms with Gasteiger partial charge in [0.1, 0.15) is 11.6 Å². The number of fused-ring (bicyclic) bond motifs is 1.